The maximum atomic E-state index is 5.33. The summed E-state index contributed by atoms with van der Waals surface area (Å²) in [5.41, 5.74) is 23.5. The van der Waals surface area contributed by atoms with Gasteiger partial charge in [0.15, 0.2) is 11.6 Å². The fourth-order valence-electron chi connectivity index (χ4n) is 13.8. The van der Waals surface area contributed by atoms with Crippen molar-refractivity contribution in [3.05, 3.63) is 373 Å². The number of nitrogens with zero attached hydrogens (tertiary/aromatic N) is 6. The summed E-state index contributed by atoms with van der Waals surface area (Å²) >= 11 is 7.19. The molecule has 101 heavy (non-hydrogen) atoms. The van der Waals surface area contributed by atoms with Crippen molar-refractivity contribution in [2.45, 2.75) is 0 Å². The van der Waals surface area contributed by atoms with Crippen LogP contribution in [0.4, 0.5) is 0 Å². The average molecular weight is 1420 g/mol. The Labute approximate surface area is 601 Å². The maximum absolute atomic E-state index is 5.33. The van der Waals surface area contributed by atoms with Gasteiger partial charge in [0.2, 0.25) is 0 Å². The normalized spacial score (nSPS) is 11.3. The van der Waals surface area contributed by atoms with Gasteiger partial charge >= 0.3 is 0 Å². The molecule has 7 nitrogen and oxygen atoms in total. The summed E-state index contributed by atoms with van der Waals surface area (Å²) < 4.78 is 6.79. The fraction of sp³-hybridized carbons (Fsp3) is 0. The first-order valence-electron chi connectivity index (χ1n) is 33.6. The largest absolute Gasteiger partial charge is 0.355 e. The van der Waals surface area contributed by atoms with Crippen LogP contribution in [0, 0.1) is 0 Å². The van der Waals surface area contributed by atoms with Gasteiger partial charge in [-0.15, -0.1) is 0 Å². The highest BCUT2D eigenvalue weighted by atomic mass is 79.9. The number of hydrogen-bond acceptors (Lipinski definition) is 4. The van der Waals surface area contributed by atoms with Gasteiger partial charge in [-0.25, -0.2) is 19.9 Å². The van der Waals surface area contributed by atoms with Crippen molar-refractivity contribution in [1.29, 1.82) is 0 Å². The molecule has 0 fully saturated rings. The second-order valence-corrected chi connectivity index (χ2v) is 26.7. The van der Waals surface area contributed by atoms with Crippen molar-refractivity contribution in [2.24, 2.45) is 0 Å². The summed E-state index contributed by atoms with van der Waals surface area (Å²) in [6.45, 7) is 0. The fourth-order valence-corrected chi connectivity index (χ4v) is 15.0. The predicted octanol–water partition coefficient (Wildman–Crippen LogP) is 25.3. The Morgan fingerprint density at radius 3 is 0.832 bits per heavy atom. The number of benzene rings is 14. The molecule has 5 heterocycles. The van der Waals surface area contributed by atoms with Crippen molar-refractivity contribution < 1.29 is 0 Å². The Hall–Kier alpha value is -12.4. The first-order valence-corrected chi connectivity index (χ1v) is 35.2. The number of nitrogens with one attached hydrogen (secondary N) is 1. The summed E-state index contributed by atoms with van der Waals surface area (Å²) in [6, 6.07) is 127. The van der Waals surface area contributed by atoms with Gasteiger partial charge in [-0.2, -0.15) is 0 Å². The zero-order chi connectivity index (χ0) is 67.6. The van der Waals surface area contributed by atoms with Crippen molar-refractivity contribution >= 4 is 97.3 Å². The topological polar surface area (TPSA) is 77.2 Å². The van der Waals surface area contributed by atoms with Crippen LogP contribution in [0.15, 0.2) is 373 Å². The van der Waals surface area contributed by atoms with Crippen LogP contribution in [0.5, 0.6) is 0 Å². The molecule has 0 spiro atoms. The van der Waals surface area contributed by atoms with E-state index >= 15 is 0 Å². The van der Waals surface area contributed by atoms with Crippen LogP contribution in [-0.2, 0) is 0 Å². The predicted molar refractivity (Wildman–Crippen MR) is 427 cm³/mol. The molecule has 0 aliphatic rings. The van der Waals surface area contributed by atoms with Gasteiger partial charge in [-0.05, 0) is 107 Å². The number of halogens is 2. The van der Waals surface area contributed by atoms with E-state index in [0.29, 0.717) is 11.6 Å². The molecule has 19 rings (SSSR count). The van der Waals surface area contributed by atoms with Gasteiger partial charge in [0, 0.05) is 97.1 Å². The number of hydrogen-bond donors (Lipinski definition) is 1. The SMILES string of the molecule is Brc1cc(Br)cc(-c2cc(-c3ccc(-c4ccccc4)cc3)nc(-c3ccccc3)n2)c1.c1ccc(-c2ccc(-c3cc(-c4cc(-n5c6ccccc6c6ccccc65)cc(-n5c6ccccc6c6ccccc65)c4)nc(-c4ccccc4)n3)cc2)cc1.c1ccc2c(c1)[nH]c1ccccc12. The van der Waals surface area contributed by atoms with E-state index in [4.69, 9.17) is 19.9 Å². The number of para-hydroxylation sites is 6. The lowest BCUT2D eigenvalue weighted by molar-refractivity contribution is 1.13. The molecule has 0 bridgehead atoms. The lowest BCUT2D eigenvalue weighted by Crippen LogP contribution is -2.01. The van der Waals surface area contributed by atoms with E-state index in [1.165, 1.54) is 65.6 Å². The smallest absolute Gasteiger partial charge is 0.160 e. The molecule has 0 amide bonds. The monoisotopic (exact) mass is 1420 g/mol. The van der Waals surface area contributed by atoms with Crippen molar-refractivity contribution in [2.75, 3.05) is 0 Å². The van der Waals surface area contributed by atoms with Crippen LogP contribution in [-0.4, -0.2) is 34.1 Å². The average Bonchev–Trinajstić information content (AvgIpc) is 1.63. The van der Waals surface area contributed by atoms with Crippen LogP contribution in [0.1, 0.15) is 0 Å². The molecule has 9 heteroatoms. The number of fused-ring (bicyclic) bond motifs is 9. The molecule has 5 aromatic heterocycles. The minimum absolute atomic E-state index is 0.686. The molecule has 0 aliphatic heterocycles. The molecule has 0 unspecified atom stereocenters. The van der Waals surface area contributed by atoms with Gasteiger partial charge in [-0.3, -0.25) is 0 Å². The molecule has 0 saturated heterocycles. The minimum Gasteiger partial charge on any atom is -0.355 e. The van der Waals surface area contributed by atoms with Crippen LogP contribution in [0.2, 0.25) is 0 Å². The maximum Gasteiger partial charge on any atom is 0.160 e. The summed E-state index contributed by atoms with van der Waals surface area (Å²) in [4.78, 5) is 23.7. The Balaban J connectivity index is 0.000000140. The first kappa shape index (κ1) is 62.1. The summed E-state index contributed by atoms with van der Waals surface area (Å²) in [6.07, 6.45) is 0. The van der Waals surface area contributed by atoms with Gasteiger partial charge in [0.05, 0.1) is 44.8 Å². The van der Waals surface area contributed by atoms with E-state index in [1.54, 1.807) is 0 Å². The number of aromatic amines is 1. The zero-order valence-electron chi connectivity index (χ0n) is 54.6. The molecule has 1 N–H and O–H groups in total. The van der Waals surface area contributed by atoms with Gasteiger partial charge < -0.3 is 14.1 Å². The third-order valence-electron chi connectivity index (χ3n) is 18.5. The summed E-state index contributed by atoms with van der Waals surface area (Å²) in [5, 5.41) is 7.50. The molecular weight excluding hydrogens is 1360 g/mol. The van der Waals surface area contributed by atoms with E-state index in [9.17, 15) is 0 Å². The van der Waals surface area contributed by atoms with Crippen molar-refractivity contribution in [1.82, 2.24) is 34.1 Å². The molecule has 478 valence electrons. The molecular formula is C92H61Br2N7. The molecule has 0 atom stereocenters. The Morgan fingerprint density at radius 1 is 0.208 bits per heavy atom. The van der Waals surface area contributed by atoms with Crippen LogP contribution in [0.3, 0.4) is 0 Å². The third kappa shape index (κ3) is 12.6. The van der Waals surface area contributed by atoms with Crippen LogP contribution >= 0.6 is 31.9 Å². The number of aromatic nitrogens is 7. The third-order valence-corrected chi connectivity index (χ3v) is 19.5. The van der Waals surface area contributed by atoms with E-state index in [-0.39, 0.29) is 0 Å². The second-order valence-electron chi connectivity index (χ2n) is 24.9. The standard InChI is InChI=1S/C52H34N4.C28H18Br2N2.C12H9N/c1-3-15-35(16-4-1)36-27-29-37(30-28-36)46-34-47(54-52(53-46)38-17-5-2-6-18-38)39-31-40(55-48-23-11-7-19-42(48)43-20-8-12-24-49(43)55)33-41(32-39)56-50-25-13-9-21-44(50)45-22-10-14-26-51(45)56;29-24-15-23(16-25(30)17-24)27-18-26(31-28(32-27)22-9-5-2-6-10-22)21-13-11-20(12-14-21)19-7-3-1-4-8-19;1-3-7-11-9(5-1)10-6-2-4-8-12(10)13-11/h1-34H;1-18H;1-8,13H. The molecule has 0 aliphatic carbocycles. The van der Waals surface area contributed by atoms with Crippen molar-refractivity contribution in [3.63, 3.8) is 0 Å². The van der Waals surface area contributed by atoms with E-state index in [1.807, 2.05) is 66.7 Å². The van der Waals surface area contributed by atoms with Gasteiger partial charge in [0.1, 0.15) is 0 Å². The first-order chi connectivity index (χ1) is 49.9. The highest BCUT2D eigenvalue weighted by Gasteiger charge is 2.20. The minimum atomic E-state index is 0.686. The number of rotatable bonds is 10. The lowest BCUT2D eigenvalue weighted by atomic mass is 10.0. The second kappa shape index (κ2) is 27.5. The summed E-state index contributed by atoms with van der Waals surface area (Å²) in [7, 11) is 0. The highest BCUT2D eigenvalue weighted by Crippen LogP contribution is 2.40. The van der Waals surface area contributed by atoms with Gasteiger partial charge in [0.25, 0.3) is 0 Å². The Bertz CT molecular complexity index is 5900. The summed E-state index contributed by atoms with van der Waals surface area (Å²) in [5.74, 6) is 1.40. The molecule has 19 aromatic rings. The van der Waals surface area contributed by atoms with E-state index in [2.05, 4.69) is 343 Å². The van der Waals surface area contributed by atoms with Crippen LogP contribution in [0.25, 0.3) is 167 Å². The highest BCUT2D eigenvalue weighted by molar-refractivity contribution is 9.11. The molecule has 0 saturated carbocycles. The quantitative estimate of drug-likeness (QED) is 0.148. The van der Waals surface area contributed by atoms with Gasteiger partial charge in [-0.1, -0.05) is 311 Å². The Morgan fingerprint density at radius 2 is 0.475 bits per heavy atom. The van der Waals surface area contributed by atoms with Crippen LogP contribution < -0.4 is 0 Å². The van der Waals surface area contributed by atoms with E-state index in [0.717, 1.165) is 98.5 Å². The Kier molecular flexibility index (Phi) is 16.9. The lowest BCUT2D eigenvalue weighted by Gasteiger charge is -2.16. The molecule has 14 aromatic carbocycles. The van der Waals surface area contributed by atoms with E-state index < -0.39 is 0 Å². The molecule has 0 radical (unpaired) electrons. The van der Waals surface area contributed by atoms with Crippen molar-refractivity contribution in [3.8, 4) is 101 Å². The number of H-pyrrole nitrogens is 1. The zero-order valence-corrected chi connectivity index (χ0v) is 57.8.